The van der Waals surface area contributed by atoms with Gasteiger partial charge in [0.2, 0.25) is 0 Å². The third-order valence-corrected chi connectivity index (χ3v) is 9.93. The lowest BCUT2D eigenvalue weighted by Gasteiger charge is -2.22. The predicted molar refractivity (Wildman–Crippen MR) is 163 cm³/mol. The normalized spacial score (nSPS) is 12.1. The molecule has 0 saturated carbocycles. The first-order valence-electron chi connectivity index (χ1n) is 13.8. The second kappa shape index (κ2) is 13.9. The van der Waals surface area contributed by atoms with Crippen molar-refractivity contribution in [3.63, 3.8) is 0 Å². The van der Waals surface area contributed by atoms with Gasteiger partial charge in [-0.05, 0) is 71.8 Å². The van der Waals surface area contributed by atoms with Gasteiger partial charge in [-0.1, -0.05) is 90.1 Å². The Morgan fingerprint density at radius 2 is 1.05 bits per heavy atom. The van der Waals surface area contributed by atoms with Crippen LogP contribution in [0.5, 0.6) is 0 Å². The minimum absolute atomic E-state index is 0.100. The van der Waals surface area contributed by atoms with Crippen LogP contribution in [0.4, 0.5) is 13.2 Å². The molecule has 42 heavy (non-hydrogen) atoms. The van der Waals surface area contributed by atoms with Gasteiger partial charge >= 0.3 is 6.18 Å². The molecule has 0 N–H and O–H groups in total. The van der Waals surface area contributed by atoms with E-state index in [0.29, 0.717) is 42.0 Å². The summed E-state index contributed by atoms with van der Waals surface area (Å²) in [5.74, 6) is 1.53. The maximum Gasteiger partial charge on any atom is 0.416 e. The predicted octanol–water partition coefficient (Wildman–Crippen LogP) is 9.76. The molecule has 224 valence electrons. The molecule has 4 aromatic rings. The van der Waals surface area contributed by atoms with Gasteiger partial charge in [-0.25, -0.2) is 8.42 Å². The molecule has 0 atom stereocenters. The lowest BCUT2D eigenvalue weighted by Crippen LogP contribution is -2.14. The molecule has 0 fully saturated rings. The van der Waals surface area contributed by atoms with E-state index >= 15 is 0 Å². The van der Waals surface area contributed by atoms with E-state index in [4.69, 9.17) is 0 Å². The summed E-state index contributed by atoms with van der Waals surface area (Å²) in [6.07, 6.45) is -4.54. The molecule has 0 radical (unpaired) electrons. The molecule has 4 aromatic carbocycles. The molecular formula is C34H37F3O3S2. The highest BCUT2D eigenvalue weighted by molar-refractivity contribution is 7.97. The summed E-state index contributed by atoms with van der Waals surface area (Å²) in [7, 11) is -4.78. The van der Waals surface area contributed by atoms with Gasteiger partial charge in [0.15, 0.2) is 14.7 Å². The minimum Gasteiger partial charge on any atom is -0.744 e. The van der Waals surface area contributed by atoms with Gasteiger partial charge in [0.25, 0.3) is 0 Å². The van der Waals surface area contributed by atoms with Crippen LogP contribution < -0.4 is 0 Å². The Morgan fingerprint density at radius 1 is 0.643 bits per heavy atom. The number of hydrogen-bond donors (Lipinski definition) is 0. The van der Waals surface area contributed by atoms with Crippen LogP contribution in [0.15, 0.2) is 117 Å². The molecule has 0 aliphatic rings. The van der Waals surface area contributed by atoms with Gasteiger partial charge in [-0.3, -0.25) is 0 Å². The Morgan fingerprint density at radius 3 is 1.36 bits per heavy atom. The molecule has 0 unspecified atom stereocenters. The zero-order valence-corrected chi connectivity index (χ0v) is 26.3. The first-order valence-corrected chi connectivity index (χ1v) is 16.4. The number of benzene rings is 4. The van der Waals surface area contributed by atoms with Crippen molar-refractivity contribution in [2.75, 3.05) is 0 Å². The lowest BCUT2D eigenvalue weighted by atomic mass is 9.89. The molecule has 0 aliphatic carbocycles. The smallest absolute Gasteiger partial charge is 0.416 e. The topological polar surface area (TPSA) is 57.2 Å². The molecule has 0 spiro atoms. The van der Waals surface area contributed by atoms with Gasteiger partial charge in [-0.15, -0.1) is 0 Å². The van der Waals surface area contributed by atoms with E-state index in [0.717, 1.165) is 0 Å². The Bertz CT molecular complexity index is 1480. The summed E-state index contributed by atoms with van der Waals surface area (Å²) in [6, 6.07) is 29.4. The van der Waals surface area contributed by atoms with Crippen molar-refractivity contribution in [1.29, 1.82) is 0 Å². The highest BCUT2D eigenvalue weighted by Crippen LogP contribution is 2.42. The number of alkyl halides is 3. The zero-order chi connectivity index (χ0) is 31.2. The SMILES string of the molecule is CC(C)c1cc(C(C)C)c([S+](c2ccccc2)c2ccccc2)c(C(C)C)c1.O=S(=O)([O-])c1ccc(C(F)(F)F)cc1. The molecule has 0 saturated heterocycles. The monoisotopic (exact) mass is 614 g/mol. The first-order chi connectivity index (χ1) is 19.6. The molecule has 8 heteroatoms. The molecule has 0 amide bonds. The van der Waals surface area contributed by atoms with E-state index < -0.39 is 26.8 Å². The summed E-state index contributed by atoms with van der Waals surface area (Å²) >= 11 is 0. The van der Waals surface area contributed by atoms with Crippen LogP contribution in [0.1, 0.15) is 81.5 Å². The highest BCUT2D eigenvalue weighted by Gasteiger charge is 2.36. The Labute approximate surface area is 250 Å². The summed E-state index contributed by atoms with van der Waals surface area (Å²) in [6.45, 7) is 14.0. The van der Waals surface area contributed by atoms with Crippen LogP contribution in [0.2, 0.25) is 0 Å². The second-order valence-electron chi connectivity index (χ2n) is 10.9. The van der Waals surface area contributed by atoms with Crippen LogP contribution in [-0.2, 0) is 27.2 Å². The van der Waals surface area contributed by atoms with E-state index in [1.165, 1.54) is 31.4 Å². The van der Waals surface area contributed by atoms with Crippen LogP contribution >= 0.6 is 0 Å². The van der Waals surface area contributed by atoms with Crippen molar-refractivity contribution >= 4 is 21.0 Å². The second-order valence-corrected chi connectivity index (χ2v) is 14.2. The molecule has 4 rings (SSSR count). The zero-order valence-electron chi connectivity index (χ0n) is 24.6. The van der Waals surface area contributed by atoms with Gasteiger partial charge in [-0.2, -0.15) is 13.2 Å². The van der Waals surface area contributed by atoms with Crippen molar-refractivity contribution in [2.45, 2.75) is 85.1 Å². The Balaban J connectivity index is 0.000000291. The molecule has 0 bridgehead atoms. The maximum atomic E-state index is 12.0. The minimum atomic E-state index is -4.68. The standard InChI is InChI=1S/C27H33S.C7H5F3O3S/c1-19(2)22-17-25(20(3)4)27(26(18-22)21(5)6)28(23-13-9-7-10-14-23)24-15-11-8-12-16-24;8-7(9,10)5-1-3-6(4-2-5)14(11,12)13/h7-21H,1-6H3;1-4H,(H,11,12,13)/q+1;/p-1. The molecule has 0 heterocycles. The average Bonchev–Trinajstić information content (AvgIpc) is 2.93. The van der Waals surface area contributed by atoms with E-state index in [1.54, 1.807) is 0 Å². The first kappa shape index (κ1) is 33.4. The van der Waals surface area contributed by atoms with E-state index in [2.05, 4.69) is 114 Å². The van der Waals surface area contributed by atoms with E-state index in [9.17, 15) is 26.1 Å². The summed E-state index contributed by atoms with van der Waals surface area (Å²) in [5.41, 5.74) is 3.47. The Hall–Kier alpha value is -3.07. The summed E-state index contributed by atoms with van der Waals surface area (Å²) in [5, 5.41) is 0. The summed E-state index contributed by atoms with van der Waals surface area (Å²) < 4.78 is 67.0. The van der Waals surface area contributed by atoms with E-state index in [1.807, 2.05) is 0 Å². The molecule has 3 nitrogen and oxygen atoms in total. The van der Waals surface area contributed by atoms with Crippen LogP contribution in [0.25, 0.3) is 0 Å². The van der Waals surface area contributed by atoms with E-state index in [-0.39, 0.29) is 10.9 Å². The number of rotatable bonds is 7. The lowest BCUT2D eigenvalue weighted by molar-refractivity contribution is -0.137. The third kappa shape index (κ3) is 8.49. The fourth-order valence-corrected chi connectivity index (χ4v) is 7.55. The fourth-order valence-electron chi connectivity index (χ4n) is 4.42. The van der Waals surface area contributed by atoms with Gasteiger partial charge in [0.05, 0.1) is 21.4 Å². The number of hydrogen-bond acceptors (Lipinski definition) is 3. The fraction of sp³-hybridized carbons (Fsp3) is 0.294. The van der Waals surface area contributed by atoms with Crippen LogP contribution in [-0.4, -0.2) is 13.0 Å². The largest absolute Gasteiger partial charge is 0.744 e. The van der Waals surface area contributed by atoms with Crippen molar-refractivity contribution in [2.24, 2.45) is 0 Å². The van der Waals surface area contributed by atoms with Crippen LogP contribution in [0.3, 0.4) is 0 Å². The van der Waals surface area contributed by atoms with Crippen molar-refractivity contribution in [1.82, 2.24) is 0 Å². The van der Waals surface area contributed by atoms with Crippen molar-refractivity contribution in [3.05, 3.63) is 119 Å². The quantitative estimate of drug-likeness (QED) is 0.154. The Kier molecular flexibility index (Phi) is 11.1. The van der Waals surface area contributed by atoms with Gasteiger partial charge < -0.3 is 4.55 Å². The average molecular weight is 615 g/mol. The number of halogens is 3. The highest BCUT2D eigenvalue weighted by atomic mass is 32.2. The van der Waals surface area contributed by atoms with Crippen molar-refractivity contribution < 1.29 is 26.1 Å². The van der Waals surface area contributed by atoms with Crippen molar-refractivity contribution in [3.8, 4) is 0 Å². The summed E-state index contributed by atoms with van der Waals surface area (Å²) in [4.78, 5) is 3.65. The van der Waals surface area contributed by atoms with Gasteiger partial charge in [0.1, 0.15) is 10.1 Å². The van der Waals surface area contributed by atoms with Gasteiger partial charge in [0, 0.05) is 11.1 Å². The maximum absolute atomic E-state index is 12.0. The molecule has 0 aromatic heterocycles. The van der Waals surface area contributed by atoms with Crippen LogP contribution in [0, 0.1) is 0 Å². The molecular weight excluding hydrogens is 577 g/mol. The third-order valence-electron chi connectivity index (χ3n) is 6.71. The molecule has 0 aliphatic heterocycles.